The first-order valence-corrected chi connectivity index (χ1v) is 3.81. The maximum absolute atomic E-state index is 9.35. The predicted molar refractivity (Wildman–Crippen MR) is 41.5 cm³/mol. The van der Waals surface area contributed by atoms with Crippen molar-refractivity contribution in [3.05, 3.63) is 10.4 Å². The average molecular weight is 189 g/mol. The molecule has 0 radical (unpaired) electrons. The van der Waals surface area contributed by atoms with Crippen LogP contribution in [0.2, 0.25) is 0 Å². The summed E-state index contributed by atoms with van der Waals surface area (Å²) in [5.74, 6) is 0. The number of aliphatic hydroxyl groups excluding tert-OH is 3. The van der Waals surface area contributed by atoms with Crippen molar-refractivity contribution in [1.29, 1.82) is 0 Å². The SMILES string of the molecule is CC1OC(O)C(N=[N+]=[N-])[C@@H](O)[C@@H]1O. The lowest BCUT2D eigenvalue weighted by molar-refractivity contribution is -0.236. The largest absolute Gasteiger partial charge is 0.390 e. The summed E-state index contributed by atoms with van der Waals surface area (Å²) in [6, 6.07) is -1.16. The first-order valence-electron chi connectivity index (χ1n) is 3.81. The Kier molecular flexibility index (Phi) is 3.07. The normalized spacial score (nSPS) is 45.4. The van der Waals surface area contributed by atoms with Crippen LogP contribution in [0.15, 0.2) is 5.11 Å². The Morgan fingerprint density at radius 2 is 1.92 bits per heavy atom. The number of hydrogen-bond acceptors (Lipinski definition) is 5. The van der Waals surface area contributed by atoms with Crippen molar-refractivity contribution in [2.24, 2.45) is 5.11 Å². The molecule has 0 saturated carbocycles. The van der Waals surface area contributed by atoms with E-state index in [0.29, 0.717) is 0 Å². The van der Waals surface area contributed by atoms with Gasteiger partial charge in [-0.15, -0.1) is 0 Å². The van der Waals surface area contributed by atoms with E-state index in [1.54, 1.807) is 0 Å². The molecule has 1 aliphatic heterocycles. The summed E-state index contributed by atoms with van der Waals surface area (Å²) >= 11 is 0. The molecule has 7 nitrogen and oxygen atoms in total. The molecule has 74 valence electrons. The van der Waals surface area contributed by atoms with E-state index in [-0.39, 0.29) is 0 Å². The van der Waals surface area contributed by atoms with E-state index in [0.717, 1.165) is 0 Å². The summed E-state index contributed by atoms with van der Waals surface area (Å²) in [7, 11) is 0. The third kappa shape index (κ3) is 1.90. The minimum Gasteiger partial charge on any atom is -0.390 e. The van der Waals surface area contributed by atoms with E-state index in [1.165, 1.54) is 6.92 Å². The van der Waals surface area contributed by atoms with Gasteiger partial charge in [-0.25, -0.2) is 0 Å². The molecule has 1 rings (SSSR count). The van der Waals surface area contributed by atoms with Crippen LogP contribution in [-0.4, -0.2) is 46.0 Å². The maximum atomic E-state index is 9.35. The van der Waals surface area contributed by atoms with Gasteiger partial charge in [0.05, 0.1) is 12.2 Å². The molecule has 1 aliphatic rings. The smallest absolute Gasteiger partial charge is 0.166 e. The third-order valence-electron chi connectivity index (χ3n) is 2.01. The van der Waals surface area contributed by atoms with Crippen LogP contribution < -0.4 is 0 Å². The summed E-state index contributed by atoms with van der Waals surface area (Å²) in [5.41, 5.74) is 8.11. The van der Waals surface area contributed by atoms with Crippen LogP contribution in [0.5, 0.6) is 0 Å². The lowest BCUT2D eigenvalue weighted by Gasteiger charge is -2.37. The van der Waals surface area contributed by atoms with Crippen molar-refractivity contribution in [2.75, 3.05) is 0 Å². The fraction of sp³-hybridized carbons (Fsp3) is 1.00. The monoisotopic (exact) mass is 189 g/mol. The summed E-state index contributed by atoms with van der Waals surface area (Å²) in [4.78, 5) is 2.43. The Balaban J connectivity index is 2.78. The van der Waals surface area contributed by atoms with Crippen molar-refractivity contribution >= 4 is 0 Å². The first-order chi connectivity index (χ1) is 6.07. The van der Waals surface area contributed by atoms with Crippen LogP contribution in [-0.2, 0) is 4.74 Å². The van der Waals surface area contributed by atoms with Gasteiger partial charge in [0.15, 0.2) is 6.29 Å². The molecule has 5 atom stereocenters. The molecule has 0 aromatic carbocycles. The lowest BCUT2D eigenvalue weighted by atomic mass is 9.98. The summed E-state index contributed by atoms with van der Waals surface area (Å²) in [6.07, 6.45) is -4.51. The highest BCUT2D eigenvalue weighted by molar-refractivity contribution is 4.91. The van der Waals surface area contributed by atoms with E-state index in [2.05, 4.69) is 10.0 Å². The fourth-order valence-electron chi connectivity index (χ4n) is 1.21. The van der Waals surface area contributed by atoms with E-state index >= 15 is 0 Å². The Morgan fingerprint density at radius 1 is 1.31 bits per heavy atom. The van der Waals surface area contributed by atoms with Gasteiger partial charge in [0.1, 0.15) is 12.1 Å². The fourth-order valence-corrected chi connectivity index (χ4v) is 1.21. The van der Waals surface area contributed by atoms with E-state index in [1.807, 2.05) is 0 Å². The molecule has 13 heavy (non-hydrogen) atoms. The van der Waals surface area contributed by atoms with Gasteiger partial charge in [-0.2, -0.15) is 0 Å². The molecule has 0 aromatic heterocycles. The molecular weight excluding hydrogens is 178 g/mol. The van der Waals surface area contributed by atoms with E-state index in [4.69, 9.17) is 10.3 Å². The van der Waals surface area contributed by atoms with Gasteiger partial charge in [-0.1, -0.05) is 5.11 Å². The van der Waals surface area contributed by atoms with Gasteiger partial charge in [0.2, 0.25) is 0 Å². The Bertz CT molecular complexity index is 230. The number of hydrogen-bond donors (Lipinski definition) is 3. The molecule has 0 spiro atoms. The van der Waals surface area contributed by atoms with Crippen LogP contribution >= 0.6 is 0 Å². The van der Waals surface area contributed by atoms with Gasteiger partial charge in [0, 0.05) is 4.91 Å². The van der Waals surface area contributed by atoms with Crippen molar-refractivity contribution in [2.45, 2.75) is 37.6 Å². The highest BCUT2D eigenvalue weighted by Crippen LogP contribution is 2.21. The number of rotatable bonds is 1. The predicted octanol–water partition coefficient (Wildman–Crippen LogP) is -0.876. The molecule has 0 bridgehead atoms. The molecule has 1 heterocycles. The first kappa shape index (κ1) is 10.2. The quantitative estimate of drug-likeness (QED) is 0.282. The maximum Gasteiger partial charge on any atom is 0.166 e. The zero-order valence-corrected chi connectivity index (χ0v) is 6.98. The van der Waals surface area contributed by atoms with Crippen molar-refractivity contribution < 1.29 is 20.1 Å². The average Bonchev–Trinajstić information content (AvgIpc) is 2.09. The van der Waals surface area contributed by atoms with Crippen molar-refractivity contribution in [3.8, 4) is 0 Å². The molecule has 0 aliphatic carbocycles. The minimum atomic E-state index is -1.37. The van der Waals surface area contributed by atoms with Crippen molar-refractivity contribution in [3.63, 3.8) is 0 Å². The van der Waals surface area contributed by atoms with Gasteiger partial charge in [-0.3, -0.25) is 0 Å². The van der Waals surface area contributed by atoms with E-state index in [9.17, 15) is 15.3 Å². The standard InChI is InChI=1S/C6H11N3O4/c1-2-4(10)5(11)3(8-9-7)6(12)13-2/h2-6,10-12H,1H3/t2?,3?,4-,5-,6?/m1/s1. The Labute approximate surface area is 74.2 Å². The highest BCUT2D eigenvalue weighted by Gasteiger charge is 2.41. The summed E-state index contributed by atoms with van der Waals surface area (Å²) in [6.45, 7) is 1.50. The molecular formula is C6H11N3O4. The third-order valence-corrected chi connectivity index (χ3v) is 2.01. The van der Waals surface area contributed by atoms with Crippen LogP contribution in [0.1, 0.15) is 6.92 Å². The lowest BCUT2D eigenvalue weighted by Crippen LogP contribution is -2.55. The second-order valence-electron chi connectivity index (χ2n) is 2.91. The van der Waals surface area contributed by atoms with Crippen LogP contribution in [0.3, 0.4) is 0 Å². The number of ether oxygens (including phenoxy) is 1. The zero-order chi connectivity index (χ0) is 10.0. The van der Waals surface area contributed by atoms with Gasteiger partial charge >= 0.3 is 0 Å². The number of nitrogens with zero attached hydrogens (tertiary/aromatic N) is 3. The molecule has 7 heteroatoms. The second-order valence-corrected chi connectivity index (χ2v) is 2.91. The second kappa shape index (κ2) is 3.91. The van der Waals surface area contributed by atoms with Crippen LogP contribution in [0.25, 0.3) is 10.4 Å². The van der Waals surface area contributed by atoms with E-state index < -0.39 is 30.6 Å². The van der Waals surface area contributed by atoms with Crippen LogP contribution in [0.4, 0.5) is 0 Å². The molecule has 0 aromatic rings. The molecule has 1 fully saturated rings. The van der Waals surface area contributed by atoms with Gasteiger partial charge < -0.3 is 20.1 Å². The molecule has 0 amide bonds. The number of azide groups is 1. The van der Waals surface area contributed by atoms with Crippen molar-refractivity contribution in [1.82, 2.24) is 0 Å². The molecule has 1 saturated heterocycles. The zero-order valence-electron chi connectivity index (χ0n) is 6.98. The van der Waals surface area contributed by atoms with Crippen LogP contribution in [0, 0.1) is 0 Å². The van der Waals surface area contributed by atoms with Gasteiger partial charge in [0.25, 0.3) is 0 Å². The minimum absolute atomic E-state index is 0.685. The number of aliphatic hydroxyl groups is 3. The highest BCUT2D eigenvalue weighted by atomic mass is 16.6. The summed E-state index contributed by atoms with van der Waals surface area (Å²) < 4.78 is 4.81. The summed E-state index contributed by atoms with van der Waals surface area (Å²) in [5, 5.41) is 31.0. The Morgan fingerprint density at radius 3 is 2.46 bits per heavy atom. The molecule has 3 unspecified atom stereocenters. The Hall–Kier alpha value is -0.850. The topological polar surface area (TPSA) is 119 Å². The van der Waals surface area contributed by atoms with Gasteiger partial charge in [-0.05, 0) is 12.5 Å². The molecule has 3 N–H and O–H groups in total.